The average molecular weight is 487 g/mol. The van der Waals surface area contributed by atoms with Crippen LogP contribution >= 0.6 is 11.3 Å². The third-order valence-electron chi connectivity index (χ3n) is 5.17. The van der Waals surface area contributed by atoms with Gasteiger partial charge in [0.15, 0.2) is 0 Å². The van der Waals surface area contributed by atoms with Crippen molar-refractivity contribution >= 4 is 17.2 Å². The molecule has 4 aromatic rings. The minimum Gasteiger partial charge on any atom is -0.351 e. The Labute approximate surface area is 197 Å². The van der Waals surface area contributed by atoms with Crippen molar-refractivity contribution < 1.29 is 22.5 Å². The molecule has 0 spiro atoms. The first-order valence-electron chi connectivity index (χ1n) is 10.4. The molecule has 2 heterocycles. The van der Waals surface area contributed by atoms with Gasteiger partial charge in [-0.1, -0.05) is 61.0 Å². The fraction of sp³-hybridized carbons (Fsp3) is 0.250. The third kappa shape index (κ3) is 5.17. The number of thiazole rings is 1. The molecule has 10 heteroatoms. The lowest BCUT2D eigenvalue weighted by Crippen LogP contribution is -2.36. The number of halogens is 3. The lowest BCUT2D eigenvalue weighted by atomic mass is 9.94. The molecule has 0 aliphatic carbocycles. The Balaban J connectivity index is 1.45. The minimum absolute atomic E-state index is 0.242. The highest BCUT2D eigenvalue weighted by Crippen LogP contribution is 2.31. The van der Waals surface area contributed by atoms with Gasteiger partial charge in [0.2, 0.25) is 5.82 Å². The predicted octanol–water partition coefficient (Wildman–Crippen LogP) is 5.89. The van der Waals surface area contributed by atoms with E-state index < -0.39 is 17.5 Å². The fourth-order valence-electron chi connectivity index (χ4n) is 3.18. The molecule has 0 unspecified atom stereocenters. The molecule has 0 saturated heterocycles. The van der Waals surface area contributed by atoms with Crippen molar-refractivity contribution in [1.29, 1.82) is 0 Å². The first kappa shape index (κ1) is 23.6. The average Bonchev–Trinajstić information content (AvgIpc) is 3.49. The molecule has 0 saturated carbocycles. The summed E-state index contributed by atoms with van der Waals surface area (Å²) in [5, 5.41) is 9.12. The zero-order chi connectivity index (χ0) is 24.5. The largest absolute Gasteiger partial charge is 0.471 e. The van der Waals surface area contributed by atoms with Crippen molar-refractivity contribution in [3.05, 3.63) is 75.9 Å². The number of nitrogens with one attached hydrogen (secondary N) is 1. The number of hydrogen-bond donors (Lipinski definition) is 1. The smallest absolute Gasteiger partial charge is 0.351 e. The van der Waals surface area contributed by atoms with Gasteiger partial charge in [-0.2, -0.15) is 18.2 Å². The van der Waals surface area contributed by atoms with Crippen LogP contribution in [0.25, 0.3) is 22.6 Å². The zero-order valence-corrected chi connectivity index (χ0v) is 19.4. The summed E-state index contributed by atoms with van der Waals surface area (Å²) >= 11 is 1.53. The van der Waals surface area contributed by atoms with E-state index in [1.165, 1.54) is 29.0 Å². The summed E-state index contributed by atoms with van der Waals surface area (Å²) in [6.07, 6.45) is -4.74. The second-order valence-corrected chi connectivity index (χ2v) is 9.33. The first-order valence-corrected chi connectivity index (χ1v) is 11.2. The molecular formula is C24H21F3N4O2S. The van der Waals surface area contributed by atoms with E-state index in [1.54, 1.807) is 12.1 Å². The topological polar surface area (TPSA) is 80.9 Å². The summed E-state index contributed by atoms with van der Waals surface area (Å²) in [6, 6.07) is 14.2. The molecule has 6 nitrogen and oxygen atoms in total. The van der Waals surface area contributed by atoms with Gasteiger partial charge in [-0.3, -0.25) is 4.79 Å². The van der Waals surface area contributed by atoms with E-state index in [-0.39, 0.29) is 22.9 Å². The highest BCUT2D eigenvalue weighted by Gasteiger charge is 2.38. The first-order chi connectivity index (χ1) is 16.0. The van der Waals surface area contributed by atoms with E-state index in [0.29, 0.717) is 6.54 Å². The lowest BCUT2D eigenvalue weighted by molar-refractivity contribution is -0.159. The molecule has 1 N–H and O–H groups in total. The van der Waals surface area contributed by atoms with Gasteiger partial charge in [0.1, 0.15) is 5.01 Å². The standard InChI is InChI=1S/C24H21F3N4O2S/c1-14-7-9-15(10-8-14)18-12-34-22(29-18)23(2,3)13-28-20(32)17-6-4-5-16(11-17)19-30-21(33-31-19)24(25,26)27/h4-12H,13H2,1-3H3,(H,28,32). The number of aryl methyl sites for hydroxylation is 1. The van der Waals surface area contributed by atoms with Gasteiger partial charge in [-0.25, -0.2) is 4.98 Å². The van der Waals surface area contributed by atoms with E-state index >= 15 is 0 Å². The molecule has 4 rings (SSSR count). The van der Waals surface area contributed by atoms with Gasteiger partial charge < -0.3 is 9.84 Å². The molecule has 34 heavy (non-hydrogen) atoms. The van der Waals surface area contributed by atoms with Crippen LogP contribution in [0.1, 0.15) is 40.7 Å². The van der Waals surface area contributed by atoms with Gasteiger partial charge in [0.05, 0.1) is 5.69 Å². The van der Waals surface area contributed by atoms with Gasteiger partial charge in [-0.05, 0) is 19.1 Å². The van der Waals surface area contributed by atoms with E-state index in [1.807, 2.05) is 50.4 Å². The van der Waals surface area contributed by atoms with E-state index in [9.17, 15) is 18.0 Å². The van der Waals surface area contributed by atoms with Crippen LogP contribution in [0.3, 0.4) is 0 Å². The van der Waals surface area contributed by atoms with E-state index in [0.717, 1.165) is 16.3 Å². The van der Waals surface area contributed by atoms with Crippen molar-refractivity contribution in [3.63, 3.8) is 0 Å². The highest BCUT2D eigenvalue weighted by atomic mass is 32.1. The molecule has 1 amide bonds. The summed E-state index contributed by atoms with van der Waals surface area (Å²) in [7, 11) is 0. The van der Waals surface area contributed by atoms with Crippen molar-refractivity contribution in [2.24, 2.45) is 0 Å². The molecule has 2 aromatic carbocycles. The van der Waals surface area contributed by atoms with Crippen molar-refractivity contribution in [3.8, 4) is 22.6 Å². The number of benzene rings is 2. The van der Waals surface area contributed by atoms with Gasteiger partial charge in [0.25, 0.3) is 5.91 Å². The number of hydrogen-bond acceptors (Lipinski definition) is 6. The number of aromatic nitrogens is 3. The monoisotopic (exact) mass is 486 g/mol. The molecule has 0 aliphatic rings. The molecule has 0 aliphatic heterocycles. The molecule has 176 valence electrons. The Hall–Kier alpha value is -3.53. The van der Waals surface area contributed by atoms with E-state index in [2.05, 4.69) is 20.0 Å². The molecule has 0 radical (unpaired) electrons. The van der Waals surface area contributed by atoms with Crippen molar-refractivity contribution in [2.75, 3.05) is 6.54 Å². The lowest BCUT2D eigenvalue weighted by Gasteiger charge is -2.22. The van der Waals surface area contributed by atoms with E-state index in [4.69, 9.17) is 4.98 Å². The predicted molar refractivity (Wildman–Crippen MR) is 122 cm³/mol. The number of nitrogens with zero attached hydrogens (tertiary/aromatic N) is 3. The van der Waals surface area contributed by atoms with Crippen molar-refractivity contribution in [2.45, 2.75) is 32.4 Å². The second-order valence-electron chi connectivity index (χ2n) is 8.47. The Morgan fingerprint density at radius 1 is 1.06 bits per heavy atom. The summed E-state index contributed by atoms with van der Waals surface area (Å²) < 4.78 is 42.4. The van der Waals surface area contributed by atoms with Crippen LogP contribution in [0.5, 0.6) is 0 Å². The molecular weight excluding hydrogens is 465 g/mol. The number of alkyl halides is 3. The summed E-state index contributed by atoms with van der Waals surface area (Å²) in [5.41, 5.74) is 3.16. The quantitative estimate of drug-likeness (QED) is 0.367. The summed E-state index contributed by atoms with van der Waals surface area (Å²) in [5.74, 6) is -2.05. The maximum atomic E-state index is 12.8. The summed E-state index contributed by atoms with van der Waals surface area (Å²) in [4.78, 5) is 20.9. The van der Waals surface area contributed by atoms with Crippen LogP contribution in [-0.4, -0.2) is 27.6 Å². The summed E-state index contributed by atoms with van der Waals surface area (Å²) in [6.45, 7) is 6.32. The molecule has 0 fully saturated rings. The van der Waals surface area contributed by atoms with Crippen LogP contribution in [0, 0.1) is 6.92 Å². The molecule has 0 bridgehead atoms. The van der Waals surface area contributed by atoms with Crippen LogP contribution in [-0.2, 0) is 11.6 Å². The Morgan fingerprint density at radius 3 is 2.47 bits per heavy atom. The minimum atomic E-state index is -4.74. The zero-order valence-electron chi connectivity index (χ0n) is 18.6. The van der Waals surface area contributed by atoms with Crippen LogP contribution in [0.2, 0.25) is 0 Å². The Kier molecular flexibility index (Phi) is 6.26. The Morgan fingerprint density at radius 2 is 1.79 bits per heavy atom. The molecule has 2 aromatic heterocycles. The van der Waals surface area contributed by atoms with Gasteiger partial charge in [-0.15, -0.1) is 11.3 Å². The van der Waals surface area contributed by atoms with Crippen molar-refractivity contribution in [1.82, 2.24) is 20.4 Å². The highest BCUT2D eigenvalue weighted by molar-refractivity contribution is 7.10. The third-order valence-corrected chi connectivity index (χ3v) is 6.38. The van der Waals surface area contributed by atoms with Crippen LogP contribution in [0.15, 0.2) is 58.4 Å². The SMILES string of the molecule is Cc1ccc(-c2csc(C(C)(C)CNC(=O)c3cccc(-c4noc(C(F)(F)F)n4)c3)n2)cc1. The second kappa shape index (κ2) is 9.02. The fourth-order valence-corrected chi connectivity index (χ4v) is 4.13. The van der Waals surface area contributed by atoms with Crippen LogP contribution in [0.4, 0.5) is 13.2 Å². The number of rotatable bonds is 6. The normalized spacial score (nSPS) is 12.1. The number of carbonyl (C=O) groups is 1. The maximum Gasteiger partial charge on any atom is 0.471 e. The van der Waals surface area contributed by atoms with Gasteiger partial charge in [0, 0.05) is 34.0 Å². The maximum absolute atomic E-state index is 12.8. The molecule has 0 atom stereocenters. The number of carbonyl (C=O) groups excluding carboxylic acids is 1. The van der Waals surface area contributed by atoms with Crippen LogP contribution < -0.4 is 5.32 Å². The Bertz CT molecular complexity index is 1310. The number of amides is 1. The van der Waals surface area contributed by atoms with Gasteiger partial charge >= 0.3 is 12.1 Å².